The third-order valence-electron chi connectivity index (χ3n) is 3.89. The quantitative estimate of drug-likeness (QED) is 0.252. The Morgan fingerprint density at radius 1 is 0.846 bits per heavy atom. The molecule has 2 aromatic rings. The number of phosphoric acid groups is 1. The van der Waals surface area contributed by atoms with Crippen molar-refractivity contribution in [1.82, 2.24) is 4.98 Å². The zero-order valence-electron chi connectivity index (χ0n) is 13.2. The predicted octanol–water partition coefficient (Wildman–Crippen LogP) is -2.20. The van der Waals surface area contributed by atoms with Gasteiger partial charge in [-0.1, -0.05) is 12.1 Å². The number of para-hydroxylation sites is 1. The molecule has 1 aliphatic rings. The molecule has 0 aliphatic heterocycles. The molecule has 0 spiro atoms. The minimum absolute atomic E-state index is 0.379. The lowest BCUT2D eigenvalue weighted by atomic mass is 9.85. The normalized spacial score (nSPS) is 32.0. The third kappa shape index (κ3) is 4.80. The number of benzene rings is 1. The molecule has 1 heterocycles. The minimum atomic E-state index is -4.64. The van der Waals surface area contributed by atoms with E-state index >= 15 is 0 Å². The van der Waals surface area contributed by atoms with E-state index in [1.54, 1.807) is 12.3 Å². The van der Waals surface area contributed by atoms with Crippen LogP contribution in [0.15, 0.2) is 30.5 Å². The Bertz CT molecular complexity index is 752. The Hall–Kier alpha value is -1.53. The van der Waals surface area contributed by atoms with E-state index in [0.717, 1.165) is 10.9 Å². The highest BCUT2D eigenvalue weighted by molar-refractivity contribution is 7.45. The van der Waals surface area contributed by atoms with Gasteiger partial charge in [-0.05, 0) is 12.1 Å². The minimum Gasteiger partial charge on any atom is -0.483 e. The molecule has 1 aromatic heterocycles. The molecule has 6 atom stereocenters. The van der Waals surface area contributed by atoms with Crippen LogP contribution in [0.2, 0.25) is 0 Å². The number of aromatic nitrogens is 1. The lowest BCUT2D eigenvalue weighted by Crippen LogP contribution is -2.65. The van der Waals surface area contributed by atoms with Crippen molar-refractivity contribution >= 4 is 18.7 Å². The van der Waals surface area contributed by atoms with Crippen molar-refractivity contribution in [2.24, 2.45) is 0 Å². The van der Waals surface area contributed by atoms with Gasteiger partial charge in [0, 0.05) is 17.1 Å². The third-order valence-corrected chi connectivity index (χ3v) is 3.89. The van der Waals surface area contributed by atoms with Gasteiger partial charge in [-0.15, -0.1) is 0 Å². The Morgan fingerprint density at radius 2 is 1.31 bits per heavy atom. The second-order valence-electron chi connectivity index (χ2n) is 5.75. The molecule has 1 saturated carbocycles. The number of rotatable bonds is 2. The molecule has 0 radical (unpaired) electrons. The van der Waals surface area contributed by atoms with Crippen LogP contribution in [-0.2, 0) is 4.57 Å². The molecule has 11 nitrogen and oxygen atoms in total. The Labute approximate surface area is 147 Å². The standard InChI is InChI=1S/C14H17NO6.H3O4P/c16-9-10(17)12(19)14(13(20)11(9)18)21-8-5-15-7-4-2-1-3-6(7)8;1-5(2,3)4/h1-5,9-20H;(H3,1,2,3,4)/t9-,10-,11+,12-,13-,14-;/m0./s1. The second kappa shape index (κ2) is 8.01. The van der Waals surface area contributed by atoms with Gasteiger partial charge in [0.25, 0.3) is 0 Å². The van der Waals surface area contributed by atoms with Gasteiger partial charge in [0.05, 0.1) is 0 Å². The summed E-state index contributed by atoms with van der Waals surface area (Å²) in [7, 11) is -4.64. The number of fused-ring (bicyclic) bond motifs is 1. The Morgan fingerprint density at radius 3 is 1.85 bits per heavy atom. The van der Waals surface area contributed by atoms with Crippen LogP contribution in [0.3, 0.4) is 0 Å². The summed E-state index contributed by atoms with van der Waals surface area (Å²) in [6.07, 6.45) is -7.56. The summed E-state index contributed by atoms with van der Waals surface area (Å²) in [5.41, 5.74) is 0.813. The van der Waals surface area contributed by atoms with Gasteiger partial charge >= 0.3 is 7.82 Å². The van der Waals surface area contributed by atoms with E-state index in [2.05, 4.69) is 4.98 Å². The summed E-state index contributed by atoms with van der Waals surface area (Å²) >= 11 is 0. The fourth-order valence-electron chi connectivity index (χ4n) is 2.63. The van der Waals surface area contributed by atoms with Gasteiger partial charge in [0.15, 0.2) is 6.10 Å². The highest BCUT2D eigenvalue weighted by atomic mass is 31.2. The van der Waals surface area contributed by atoms with Gasteiger partial charge in [-0.25, -0.2) is 4.57 Å². The number of aliphatic hydroxyl groups excluding tert-OH is 5. The molecule has 0 unspecified atom stereocenters. The van der Waals surface area contributed by atoms with Crippen molar-refractivity contribution in [3.05, 3.63) is 30.5 Å². The van der Waals surface area contributed by atoms with Crippen LogP contribution in [0.1, 0.15) is 0 Å². The second-order valence-corrected chi connectivity index (χ2v) is 6.77. The van der Waals surface area contributed by atoms with Crippen LogP contribution in [0.4, 0.5) is 0 Å². The van der Waals surface area contributed by atoms with Crippen molar-refractivity contribution in [3.8, 4) is 5.75 Å². The van der Waals surface area contributed by atoms with Crippen molar-refractivity contribution in [2.45, 2.75) is 36.6 Å². The molecular formula is C14H20NO10P. The molecule has 26 heavy (non-hydrogen) atoms. The smallest absolute Gasteiger partial charge is 0.466 e. The molecule has 1 aliphatic carbocycles. The Balaban J connectivity index is 0.000000431. The first kappa shape index (κ1) is 20.8. The van der Waals surface area contributed by atoms with E-state index < -0.39 is 44.4 Å². The first-order valence-corrected chi connectivity index (χ1v) is 8.98. The molecule has 1 aromatic carbocycles. The highest BCUT2D eigenvalue weighted by Gasteiger charge is 2.49. The molecular weight excluding hydrogens is 373 g/mol. The maximum atomic E-state index is 9.95. The number of ether oxygens (including phenoxy) is 1. The zero-order chi connectivity index (χ0) is 19.6. The van der Waals surface area contributed by atoms with Crippen LogP contribution >= 0.6 is 7.82 Å². The van der Waals surface area contributed by atoms with Gasteiger partial charge in [0.2, 0.25) is 0 Å². The lowest BCUT2D eigenvalue weighted by Gasteiger charge is -2.41. The van der Waals surface area contributed by atoms with E-state index in [-0.39, 0.29) is 0 Å². The van der Waals surface area contributed by atoms with E-state index in [1.807, 2.05) is 18.2 Å². The summed E-state index contributed by atoms with van der Waals surface area (Å²) in [5, 5.41) is 49.5. The lowest BCUT2D eigenvalue weighted by molar-refractivity contribution is -0.216. The Kier molecular flexibility index (Phi) is 6.40. The summed E-state index contributed by atoms with van der Waals surface area (Å²) in [5.74, 6) is 0.379. The summed E-state index contributed by atoms with van der Waals surface area (Å²) in [6, 6.07) is 7.29. The number of hydrogen-bond donors (Lipinski definition) is 9. The molecule has 12 heteroatoms. The summed E-state index contributed by atoms with van der Waals surface area (Å²) in [4.78, 5) is 24.5. The predicted molar refractivity (Wildman–Crippen MR) is 87.0 cm³/mol. The molecule has 3 rings (SSSR count). The number of aromatic amines is 1. The molecule has 1 fully saturated rings. The first-order chi connectivity index (χ1) is 12.0. The van der Waals surface area contributed by atoms with E-state index in [0.29, 0.717) is 5.75 Å². The number of hydrogen-bond acceptors (Lipinski definition) is 7. The summed E-state index contributed by atoms with van der Waals surface area (Å²) in [6.45, 7) is 0. The largest absolute Gasteiger partial charge is 0.483 e. The van der Waals surface area contributed by atoms with Crippen molar-refractivity contribution in [2.75, 3.05) is 0 Å². The van der Waals surface area contributed by atoms with E-state index in [4.69, 9.17) is 24.0 Å². The van der Waals surface area contributed by atoms with Gasteiger partial charge in [-0.2, -0.15) is 0 Å². The SMILES string of the molecule is O=P(O)(O)O.O[C@@H]1[C@@H](O)[C@H](O)[C@@H](Oc2c[nH]c3ccccc23)[C@@H](O)[C@H]1O. The topological polar surface area (TPSA) is 204 Å². The summed E-state index contributed by atoms with van der Waals surface area (Å²) < 4.78 is 14.4. The van der Waals surface area contributed by atoms with Crippen LogP contribution in [0, 0.1) is 0 Å². The van der Waals surface area contributed by atoms with Crippen LogP contribution in [0.5, 0.6) is 5.75 Å². The van der Waals surface area contributed by atoms with Crippen molar-refractivity contribution in [1.29, 1.82) is 0 Å². The maximum Gasteiger partial charge on any atom is 0.466 e. The molecule has 9 N–H and O–H groups in total. The fraction of sp³-hybridized carbons (Fsp3) is 0.429. The van der Waals surface area contributed by atoms with Crippen LogP contribution in [-0.4, -0.2) is 81.8 Å². The van der Waals surface area contributed by atoms with Crippen molar-refractivity contribution in [3.63, 3.8) is 0 Å². The molecule has 146 valence electrons. The average molecular weight is 393 g/mol. The first-order valence-electron chi connectivity index (χ1n) is 7.42. The molecule has 0 bridgehead atoms. The fourth-order valence-corrected chi connectivity index (χ4v) is 2.63. The number of H-pyrrole nitrogens is 1. The van der Waals surface area contributed by atoms with E-state index in [9.17, 15) is 25.5 Å². The van der Waals surface area contributed by atoms with Gasteiger partial charge in [-0.3, -0.25) is 0 Å². The maximum absolute atomic E-state index is 9.95. The van der Waals surface area contributed by atoms with Crippen LogP contribution in [0.25, 0.3) is 10.9 Å². The molecule has 0 amide bonds. The number of nitrogens with one attached hydrogen (secondary N) is 1. The van der Waals surface area contributed by atoms with Gasteiger partial charge in [0.1, 0.15) is 36.3 Å². The highest BCUT2D eigenvalue weighted by Crippen LogP contribution is 2.30. The van der Waals surface area contributed by atoms with Gasteiger partial charge < -0.3 is 49.9 Å². The zero-order valence-corrected chi connectivity index (χ0v) is 14.1. The van der Waals surface area contributed by atoms with Crippen molar-refractivity contribution < 1.29 is 49.5 Å². The number of aliphatic hydroxyl groups is 5. The monoisotopic (exact) mass is 393 g/mol. The van der Waals surface area contributed by atoms with E-state index in [1.165, 1.54) is 0 Å². The van der Waals surface area contributed by atoms with Crippen LogP contribution < -0.4 is 4.74 Å². The average Bonchev–Trinajstić information content (AvgIpc) is 2.97. The molecule has 0 saturated heterocycles.